The first-order valence-corrected chi connectivity index (χ1v) is 5.85. The number of benzene rings is 1. The molecule has 96 valence electrons. The molecule has 0 aliphatic heterocycles. The smallest absolute Gasteiger partial charge is 0.127 e. The Hall–Kier alpha value is -0.930. The minimum Gasteiger partial charge on any atom is -0.507 e. The summed E-state index contributed by atoms with van der Waals surface area (Å²) in [6.45, 7) is 0. The second-order valence-corrected chi connectivity index (χ2v) is 4.46. The standard InChI is InChI=1S/C13H19NO2.ClH/c1-16-11-8-4-7-10(15)12(11)13(14)9-5-2-3-6-9;/h4,7-9,13,15H,2-3,5-6,14H2,1H3;1H/t13-;/m1./s1. The maximum absolute atomic E-state index is 9.89. The number of aromatic hydroxyl groups is 1. The third kappa shape index (κ3) is 2.85. The maximum atomic E-state index is 9.89. The van der Waals surface area contributed by atoms with E-state index in [1.54, 1.807) is 19.2 Å². The third-order valence-electron chi connectivity index (χ3n) is 3.50. The largest absolute Gasteiger partial charge is 0.507 e. The van der Waals surface area contributed by atoms with Crippen LogP contribution in [0.3, 0.4) is 0 Å². The minimum absolute atomic E-state index is 0. The van der Waals surface area contributed by atoms with Gasteiger partial charge in [0.1, 0.15) is 11.5 Å². The molecule has 3 nitrogen and oxygen atoms in total. The summed E-state index contributed by atoms with van der Waals surface area (Å²) in [4.78, 5) is 0. The first-order valence-electron chi connectivity index (χ1n) is 5.85. The molecule has 0 radical (unpaired) electrons. The molecule has 0 spiro atoms. The van der Waals surface area contributed by atoms with Gasteiger partial charge in [0.2, 0.25) is 0 Å². The molecule has 1 saturated carbocycles. The highest BCUT2D eigenvalue weighted by Crippen LogP contribution is 2.41. The lowest BCUT2D eigenvalue weighted by Gasteiger charge is -2.22. The fourth-order valence-electron chi connectivity index (χ4n) is 2.60. The number of rotatable bonds is 3. The van der Waals surface area contributed by atoms with Gasteiger partial charge in [-0.15, -0.1) is 12.4 Å². The lowest BCUT2D eigenvalue weighted by atomic mass is 9.91. The third-order valence-corrected chi connectivity index (χ3v) is 3.50. The second kappa shape index (κ2) is 6.12. The summed E-state index contributed by atoms with van der Waals surface area (Å²) in [7, 11) is 1.61. The topological polar surface area (TPSA) is 55.5 Å². The van der Waals surface area contributed by atoms with Crippen LogP contribution in [0, 0.1) is 5.92 Å². The second-order valence-electron chi connectivity index (χ2n) is 4.46. The van der Waals surface area contributed by atoms with E-state index in [1.165, 1.54) is 12.8 Å². The number of ether oxygens (including phenoxy) is 1. The van der Waals surface area contributed by atoms with E-state index < -0.39 is 0 Å². The Morgan fingerprint density at radius 2 is 2.00 bits per heavy atom. The van der Waals surface area contributed by atoms with E-state index in [9.17, 15) is 5.11 Å². The Balaban J connectivity index is 0.00000144. The molecule has 1 aliphatic rings. The Kier molecular flexibility index (Phi) is 5.09. The quantitative estimate of drug-likeness (QED) is 0.875. The minimum atomic E-state index is -0.112. The molecule has 0 aromatic heterocycles. The summed E-state index contributed by atoms with van der Waals surface area (Å²) in [6, 6.07) is 5.19. The van der Waals surface area contributed by atoms with Crippen molar-refractivity contribution in [1.82, 2.24) is 0 Å². The van der Waals surface area contributed by atoms with E-state index >= 15 is 0 Å². The number of nitrogens with two attached hydrogens (primary N) is 1. The Bertz CT molecular complexity index is 364. The average molecular weight is 258 g/mol. The van der Waals surface area contributed by atoms with Gasteiger partial charge in [0, 0.05) is 6.04 Å². The van der Waals surface area contributed by atoms with Crippen LogP contribution in [0.5, 0.6) is 11.5 Å². The van der Waals surface area contributed by atoms with Gasteiger partial charge in [0.25, 0.3) is 0 Å². The molecule has 0 amide bonds. The van der Waals surface area contributed by atoms with Crippen molar-refractivity contribution in [1.29, 1.82) is 0 Å². The van der Waals surface area contributed by atoms with Crippen LogP contribution in [0.15, 0.2) is 18.2 Å². The predicted molar refractivity (Wildman–Crippen MR) is 70.8 cm³/mol. The van der Waals surface area contributed by atoms with Crippen LogP contribution in [0.4, 0.5) is 0 Å². The van der Waals surface area contributed by atoms with Crippen LogP contribution in [-0.2, 0) is 0 Å². The molecule has 1 fully saturated rings. The summed E-state index contributed by atoms with van der Waals surface area (Å²) >= 11 is 0. The Labute approximate surface area is 108 Å². The maximum Gasteiger partial charge on any atom is 0.127 e. The van der Waals surface area contributed by atoms with Gasteiger partial charge in [0.15, 0.2) is 0 Å². The molecule has 0 heterocycles. The van der Waals surface area contributed by atoms with Crippen molar-refractivity contribution in [3.05, 3.63) is 23.8 Å². The lowest BCUT2D eigenvalue weighted by Crippen LogP contribution is -2.20. The summed E-state index contributed by atoms with van der Waals surface area (Å²) in [5, 5.41) is 9.89. The van der Waals surface area contributed by atoms with Crippen LogP contribution in [-0.4, -0.2) is 12.2 Å². The van der Waals surface area contributed by atoms with Gasteiger partial charge >= 0.3 is 0 Å². The van der Waals surface area contributed by atoms with Gasteiger partial charge < -0.3 is 15.6 Å². The van der Waals surface area contributed by atoms with Crippen LogP contribution < -0.4 is 10.5 Å². The van der Waals surface area contributed by atoms with Crippen molar-refractivity contribution >= 4 is 12.4 Å². The number of hydrogen-bond donors (Lipinski definition) is 2. The van der Waals surface area contributed by atoms with Gasteiger partial charge in [-0.1, -0.05) is 18.9 Å². The predicted octanol–water partition coefficient (Wildman–Crippen LogP) is 3.01. The van der Waals surface area contributed by atoms with Crippen molar-refractivity contribution < 1.29 is 9.84 Å². The highest BCUT2D eigenvalue weighted by molar-refractivity contribution is 5.85. The zero-order valence-electron chi connectivity index (χ0n) is 10.1. The van der Waals surface area contributed by atoms with Crippen molar-refractivity contribution in [3.63, 3.8) is 0 Å². The van der Waals surface area contributed by atoms with E-state index in [4.69, 9.17) is 10.5 Å². The first-order chi connectivity index (χ1) is 7.74. The van der Waals surface area contributed by atoms with E-state index in [2.05, 4.69) is 0 Å². The molecule has 1 aliphatic carbocycles. The van der Waals surface area contributed by atoms with Crippen molar-refractivity contribution in [3.8, 4) is 11.5 Å². The number of phenols is 1. The summed E-state index contributed by atoms with van der Waals surface area (Å²) < 4.78 is 5.27. The molecule has 1 atom stereocenters. The lowest BCUT2D eigenvalue weighted by molar-refractivity contribution is 0.368. The van der Waals surface area contributed by atoms with Crippen LogP contribution in [0.25, 0.3) is 0 Å². The fraction of sp³-hybridized carbons (Fsp3) is 0.538. The van der Waals surface area contributed by atoms with Gasteiger partial charge in [-0.25, -0.2) is 0 Å². The SMILES string of the molecule is COc1cccc(O)c1[C@H](N)C1CCCC1.Cl. The Morgan fingerprint density at radius 1 is 1.35 bits per heavy atom. The van der Waals surface area contributed by atoms with Gasteiger partial charge in [-0.3, -0.25) is 0 Å². The molecule has 2 rings (SSSR count). The zero-order chi connectivity index (χ0) is 11.5. The zero-order valence-corrected chi connectivity index (χ0v) is 10.9. The van der Waals surface area contributed by atoms with Gasteiger partial charge in [0.05, 0.1) is 12.7 Å². The van der Waals surface area contributed by atoms with Crippen molar-refractivity contribution in [2.45, 2.75) is 31.7 Å². The summed E-state index contributed by atoms with van der Waals surface area (Å²) in [6.07, 6.45) is 4.79. The monoisotopic (exact) mass is 257 g/mol. The fourth-order valence-corrected chi connectivity index (χ4v) is 2.60. The van der Waals surface area contributed by atoms with Crippen LogP contribution >= 0.6 is 12.4 Å². The molecule has 0 bridgehead atoms. The van der Waals surface area contributed by atoms with Crippen molar-refractivity contribution in [2.24, 2.45) is 11.7 Å². The Morgan fingerprint density at radius 3 is 2.59 bits per heavy atom. The molecular weight excluding hydrogens is 238 g/mol. The molecule has 1 aromatic rings. The van der Waals surface area contributed by atoms with Crippen LogP contribution in [0.1, 0.15) is 37.3 Å². The van der Waals surface area contributed by atoms with E-state index in [-0.39, 0.29) is 24.2 Å². The molecule has 17 heavy (non-hydrogen) atoms. The highest BCUT2D eigenvalue weighted by Gasteiger charge is 2.27. The summed E-state index contributed by atoms with van der Waals surface area (Å²) in [5.41, 5.74) is 7.00. The van der Waals surface area contributed by atoms with Crippen LogP contribution in [0.2, 0.25) is 0 Å². The molecule has 3 N–H and O–H groups in total. The number of methoxy groups -OCH3 is 1. The van der Waals surface area contributed by atoms with E-state index in [1.807, 2.05) is 6.07 Å². The summed E-state index contributed by atoms with van der Waals surface area (Å²) in [5.74, 6) is 1.42. The van der Waals surface area contributed by atoms with E-state index in [0.29, 0.717) is 11.7 Å². The number of hydrogen-bond acceptors (Lipinski definition) is 3. The molecule has 0 saturated heterocycles. The molecule has 4 heteroatoms. The molecule has 1 aromatic carbocycles. The molecule has 0 unspecified atom stereocenters. The average Bonchev–Trinajstić information content (AvgIpc) is 2.81. The van der Waals surface area contributed by atoms with Gasteiger partial charge in [-0.2, -0.15) is 0 Å². The van der Waals surface area contributed by atoms with Gasteiger partial charge in [-0.05, 0) is 30.9 Å². The number of halogens is 1. The van der Waals surface area contributed by atoms with Crippen molar-refractivity contribution in [2.75, 3.05) is 7.11 Å². The number of phenolic OH excluding ortho intramolecular Hbond substituents is 1. The first kappa shape index (κ1) is 14.1. The van der Waals surface area contributed by atoms with E-state index in [0.717, 1.165) is 18.4 Å². The highest BCUT2D eigenvalue weighted by atomic mass is 35.5. The normalized spacial score (nSPS) is 17.5. The molecular formula is C13H20ClNO2.